The fourth-order valence-corrected chi connectivity index (χ4v) is 1.54. The lowest BCUT2D eigenvalue weighted by Gasteiger charge is -2.17. The second-order valence-corrected chi connectivity index (χ2v) is 5.85. The molecule has 0 amide bonds. The van der Waals surface area contributed by atoms with Crippen LogP contribution in [0.2, 0.25) is 0 Å². The van der Waals surface area contributed by atoms with Crippen molar-refractivity contribution >= 4 is 0 Å². The van der Waals surface area contributed by atoms with Crippen LogP contribution in [0.3, 0.4) is 0 Å². The molecule has 0 fully saturated rings. The van der Waals surface area contributed by atoms with Gasteiger partial charge in [0.1, 0.15) is 0 Å². The molecular weight excluding hydrogens is 244 g/mol. The van der Waals surface area contributed by atoms with Crippen LogP contribution in [-0.2, 0) is 18.9 Å². The summed E-state index contributed by atoms with van der Waals surface area (Å²) in [6, 6.07) is 0. The first-order chi connectivity index (χ1) is 9.06. The van der Waals surface area contributed by atoms with E-state index in [2.05, 4.69) is 20.8 Å². The Balaban J connectivity index is 2.99. The van der Waals surface area contributed by atoms with Gasteiger partial charge in [0, 0.05) is 13.7 Å². The van der Waals surface area contributed by atoms with Crippen LogP contribution in [0.4, 0.5) is 0 Å². The van der Waals surface area contributed by atoms with Gasteiger partial charge in [0.15, 0.2) is 0 Å². The van der Waals surface area contributed by atoms with Crippen LogP contribution < -0.4 is 0 Å². The number of ether oxygens (including phenoxy) is 4. The van der Waals surface area contributed by atoms with Gasteiger partial charge in [0.05, 0.1) is 39.6 Å². The second kappa shape index (κ2) is 12.9. The average molecular weight is 276 g/mol. The molecule has 0 atom stereocenters. The molecule has 0 radical (unpaired) electrons. The van der Waals surface area contributed by atoms with Crippen LogP contribution in [0.25, 0.3) is 0 Å². The highest BCUT2D eigenvalue weighted by Gasteiger charge is 2.08. The molecule has 0 rings (SSSR count). The molecule has 0 aromatic carbocycles. The summed E-state index contributed by atoms with van der Waals surface area (Å²) in [5.41, 5.74) is 0.436. The maximum Gasteiger partial charge on any atom is 0.0701 e. The molecule has 0 saturated heterocycles. The summed E-state index contributed by atoms with van der Waals surface area (Å²) in [4.78, 5) is 0. The molecule has 0 saturated carbocycles. The maximum atomic E-state index is 5.51. The van der Waals surface area contributed by atoms with Crippen molar-refractivity contribution in [2.45, 2.75) is 40.0 Å². The maximum absolute atomic E-state index is 5.51. The molecule has 0 heterocycles. The summed E-state index contributed by atoms with van der Waals surface area (Å²) >= 11 is 0. The minimum atomic E-state index is 0.436. The zero-order valence-electron chi connectivity index (χ0n) is 13.2. The van der Waals surface area contributed by atoms with E-state index in [1.165, 1.54) is 12.8 Å². The van der Waals surface area contributed by atoms with E-state index in [1.807, 2.05) is 0 Å². The van der Waals surface area contributed by atoms with Crippen molar-refractivity contribution in [2.24, 2.45) is 5.41 Å². The molecular formula is C15H32O4. The number of methoxy groups -OCH3 is 1. The molecule has 0 spiro atoms. The van der Waals surface area contributed by atoms with Crippen molar-refractivity contribution in [3.63, 3.8) is 0 Å². The van der Waals surface area contributed by atoms with Gasteiger partial charge in [-0.25, -0.2) is 0 Å². The van der Waals surface area contributed by atoms with Gasteiger partial charge in [-0.1, -0.05) is 27.2 Å². The number of unbranched alkanes of at least 4 members (excludes halogenated alkanes) is 1. The number of hydrogen-bond acceptors (Lipinski definition) is 4. The van der Waals surface area contributed by atoms with Gasteiger partial charge in [-0.15, -0.1) is 0 Å². The Hall–Kier alpha value is -0.160. The third-order valence-corrected chi connectivity index (χ3v) is 2.64. The number of hydrogen-bond donors (Lipinski definition) is 0. The molecule has 4 heteroatoms. The fourth-order valence-electron chi connectivity index (χ4n) is 1.54. The van der Waals surface area contributed by atoms with Crippen molar-refractivity contribution in [3.8, 4) is 0 Å². The van der Waals surface area contributed by atoms with Gasteiger partial charge in [-0.05, 0) is 18.3 Å². The van der Waals surface area contributed by atoms with Crippen molar-refractivity contribution in [1.82, 2.24) is 0 Å². The smallest absolute Gasteiger partial charge is 0.0701 e. The Bertz CT molecular complexity index is 177. The van der Waals surface area contributed by atoms with Gasteiger partial charge in [-0.3, -0.25) is 0 Å². The third-order valence-electron chi connectivity index (χ3n) is 2.64. The lowest BCUT2D eigenvalue weighted by Crippen LogP contribution is -2.11. The third kappa shape index (κ3) is 17.8. The van der Waals surface area contributed by atoms with Crippen LogP contribution in [0.15, 0.2) is 0 Å². The first kappa shape index (κ1) is 18.8. The predicted octanol–water partition coefficient (Wildman–Crippen LogP) is 2.90. The van der Waals surface area contributed by atoms with Gasteiger partial charge in [-0.2, -0.15) is 0 Å². The van der Waals surface area contributed by atoms with Crippen molar-refractivity contribution < 1.29 is 18.9 Å². The Labute approximate surface area is 118 Å². The van der Waals surface area contributed by atoms with Crippen LogP contribution in [-0.4, -0.2) is 53.4 Å². The lowest BCUT2D eigenvalue weighted by molar-refractivity contribution is 0.00309. The first-order valence-corrected chi connectivity index (χ1v) is 7.28. The summed E-state index contributed by atoms with van der Waals surface area (Å²) in [5.74, 6) is 0. The Morgan fingerprint density at radius 3 is 1.58 bits per heavy atom. The largest absolute Gasteiger partial charge is 0.382 e. The number of rotatable bonds is 13. The zero-order valence-corrected chi connectivity index (χ0v) is 13.2. The summed E-state index contributed by atoms with van der Waals surface area (Å²) in [6.07, 6.45) is 3.63. The van der Waals surface area contributed by atoms with E-state index in [9.17, 15) is 0 Å². The fraction of sp³-hybridized carbons (Fsp3) is 1.00. The van der Waals surface area contributed by atoms with E-state index in [-0.39, 0.29) is 0 Å². The highest BCUT2D eigenvalue weighted by atomic mass is 16.6. The highest BCUT2D eigenvalue weighted by molar-refractivity contribution is 4.60. The molecule has 0 unspecified atom stereocenters. The van der Waals surface area contributed by atoms with E-state index in [4.69, 9.17) is 18.9 Å². The van der Waals surface area contributed by atoms with Crippen LogP contribution in [0, 0.1) is 5.41 Å². The second-order valence-electron chi connectivity index (χ2n) is 5.85. The van der Waals surface area contributed by atoms with Crippen LogP contribution in [0.5, 0.6) is 0 Å². The van der Waals surface area contributed by atoms with E-state index in [0.717, 1.165) is 13.0 Å². The van der Waals surface area contributed by atoms with Crippen LogP contribution in [0.1, 0.15) is 40.0 Å². The van der Waals surface area contributed by atoms with Gasteiger partial charge >= 0.3 is 0 Å². The Morgan fingerprint density at radius 2 is 1.11 bits per heavy atom. The highest BCUT2D eigenvalue weighted by Crippen LogP contribution is 2.21. The molecule has 4 nitrogen and oxygen atoms in total. The van der Waals surface area contributed by atoms with Crippen molar-refractivity contribution in [2.75, 3.05) is 53.4 Å². The minimum absolute atomic E-state index is 0.436. The van der Waals surface area contributed by atoms with Crippen LogP contribution >= 0.6 is 0 Å². The standard InChI is InChI=1S/C15H32O4/c1-15(2,3)7-5-6-8-17-11-12-19-14-13-18-10-9-16-4/h5-14H2,1-4H3. The predicted molar refractivity (Wildman–Crippen MR) is 77.6 cm³/mol. The van der Waals surface area contributed by atoms with Gasteiger partial charge < -0.3 is 18.9 Å². The first-order valence-electron chi connectivity index (χ1n) is 7.28. The molecule has 0 N–H and O–H groups in total. The molecule has 0 aliphatic heterocycles. The minimum Gasteiger partial charge on any atom is -0.382 e. The molecule has 0 aromatic heterocycles. The quantitative estimate of drug-likeness (QED) is 0.485. The Kier molecular flexibility index (Phi) is 12.7. The normalized spacial score (nSPS) is 12.0. The molecule has 0 aromatic rings. The average Bonchev–Trinajstić information content (AvgIpc) is 2.34. The SMILES string of the molecule is COCCOCCOCCOCCCCC(C)(C)C. The van der Waals surface area contributed by atoms with Gasteiger partial charge in [0.2, 0.25) is 0 Å². The van der Waals surface area contributed by atoms with Crippen molar-refractivity contribution in [3.05, 3.63) is 0 Å². The lowest BCUT2D eigenvalue weighted by atomic mass is 9.90. The monoisotopic (exact) mass is 276 g/mol. The molecule has 0 aliphatic carbocycles. The summed E-state index contributed by atoms with van der Waals surface area (Å²) in [5, 5.41) is 0. The zero-order chi connectivity index (χ0) is 14.4. The summed E-state index contributed by atoms with van der Waals surface area (Å²) < 4.78 is 21.0. The summed E-state index contributed by atoms with van der Waals surface area (Å²) in [6.45, 7) is 11.5. The van der Waals surface area contributed by atoms with E-state index < -0.39 is 0 Å². The van der Waals surface area contributed by atoms with E-state index in [0.29, 0.717) is 45.1 Å². The van der Waals surface area contributed by atoms with E-state index >= 15 is 0 Å². The molecule has 0 aliphatic rings. The van der Waals surface area contributed by atoms with E-state index in [1.54, 1.807) is 7.11 Å². The Morgan fingerprint density at radius 1 is 0.632 bits per heavy atom. The molecule has 116 valence electrons. The molecule has 0 bridgehead atoms. The van der Waals surface area contributed by atoms with Gasteiger partial charge in [0.25, 0.3) is 0 Å². The summed E-state index contributed by atoms with van der Waals surface area (Å²) in [7, 11) is 1.67. The topological polar surface area (TPSA) is 36.9 Å². The molecule has 19 heavy (non-hydrogen) atoms. The van der Waals surface area contributed by atoms with Crippen molar-refractivity contribution in [1.29, 1.82) is 0 Å².